The number of carbonyl (C=O) groups excluding carboxylic acids is 1. The van der Waals surface area contributed by atoms with Crippen molar-refractivity contribution >= 4 is 11.9 Å². The van der Waals surface area contributed by atoms with E-state index < -0.39 is 5.97 Å². The lowest BCUT2D eigenvalue weighted by Gasteiger charge is -2.14. The molecule has 0 aromatic carbocycles. The molecule has 4 nitrogen and oxygen atoms in total. The number of allylic oxidation sites excluding steroid dienone is 5. The fourth-order valence-electron chi connectivity index (χ4n) is 4.35. The van der Waals surface area contributed by atoms with Crippen molar-refractivity contribution < 1.29 is 19.4 Å². The number of unbranched alkanes of at least 4 members (excludes halogenated alkanes) is 14. The molecule has 0 saturated carbocycles. The summed E-state index contributed by atoms with van der Waals surface area (Å²) >= 11 is 0. The Balaban J connectivity index is 4.13. The molecule has 0 aliphatic rings. The number of carboxylic acid groups (broad SMARTS) is 1. The summed E-state index contributed by atoms with van der Waals surface area (Å²) in [5, 5.41) is 8.77. The van der Waals surface area contributed by atoms with Gasteiger partial charge in [-0.15, -0.1) is 0 Å². The second-order valence-corrected chi connectivity index (χ2v) is 10.3. The number of ether oxygens (including phenoxy) is 1. The maximum absolute atomic E-state index is 12.4. The molecule has 214 valence electrons. The van der Waals surface area contributed by atoms with E-state index in [1.807, 2.05) is 6.08 Å². The van der Waals surface area contributed by atoms with Crippen LogP contribution in [-0.2, 0) is 14.3 Å². The van der Waals surface area contributed by atoms with E-state index in [0.29, 0.717) is 12.8 Å². The van der Waals surface area contributed by atoms with Gasteiger partial charge in [-0.1, -0.05) is 128 Å². The molecule has 1 N–H and O–H groups in total. The van der Waals surface area contributed by atoms with E-state index in [-0.39, 0.29) is 18.5 Å². The third-order valence-corrected chi connectivity index (χ3v) is 6.61. The predicted molar refractivity (Wildman–Crippen MR) is 158 cm³/mol. The van der Waals surface area contributed by atoms with Crippen LogP contribution in [0.1, 0.15) is 155 Å². The quantitative estimate of drug-likeness (QED) is 0.0667. The highest BCUT2D eigenvalue weighted by atomic mass is 16.5. The second-order valence-electron chi connectivity index (χ2n) is 10.3. The topological polar surface area (TPSA) is 63.6 Å². The molecular formula is C33H58O4. The minimum absolute atomic E-state index is 0.0900. The fraction of sp³-hybridized carbons (Fsp3) is 0.758. The van der Waals surface area contributed by atoms with Crippen molar-refractivity contribution in [3.8, 4) is 0 Å². The fourth-order valence-corrected chi connectivity index (χ4v) is 4.35. The van der Waals surface area contributed by atoms with Gasteiger partial charge in [-0.2, -0.15) is 0 Å². The molecule has 0 spiro atoms. The van der Waals surface area contributed by atoms with Crippen LogP contribution >= 0.6 is 0 Å². The second kappa shape index (κ2) is 28.7. The van der Waals surface area contributed by atoms with Crippen molar-refractivity contribution in [2.45, 2.75) is 161 Å². The number of hydrogen-bond donors (Lipinski definition) is 1. The molecule has 0 saturated heterocycles. The molecule has 0 aromatic heterocycles. The predicted octanol–water partition coefficient (Wildman–Crippen LogP) is 10.3. The highest BCUT2D eigenvalue weighted by molar-refractivity contribution is 5.69. The van der Waals surface area contributed by atoms with Gasteiger partial charge < -0.3 is 9.84 Å². The SMILES string of the molecule is CC/C=C\C/C=C\C/C=C\C(CCCCCCC(=O)O)OC(=O)CCCCCCCCCCCCCC. The molecule has 0 bridgehead atoms. The molecule has 4 heteroatoms. The molecule has 1 atom stereocenters. The van der Waals surface area contributed by atoms with E-state index in [4.69, 9.17) is 9.84 Å². The number of carbonyl (C=O) groups is 2. The third-order valence-electron chi connectivity index (χ3n) is 6.61. The van der Waals surface area contributed by atoms with Crippen LogP contribution in [0.15, 0.2) is 36.5 Å². The monoisotopic (exact) mass is 518 g/mol. The average Bonchev–Trinajstić information content (AvgIpc) is 2.87. The van der Waals surface area contributed by atoms with E-state index in [0.717, 1.165) is 57.8 Å². The molecule has 0 aliphatic heterocycles. The van der Waals surface area contributed by atoms with Crippen molar-refractivity contribution in [2.75, 3.05) is 0 Å². The zero-order chi connectivity index (χ0) is 27.2. The van der Waals surface area contributed by atoms with Gasteiger partial charge in [-0.3, -0.25) is 9.59 Å². The van der Waals surface area contributed by atoms with Crippen molar-refractivity contribution in [1.82, 2.24) is 0 Å². The first-order chi connectivity index (χ1) is 18.1. The van der Waals surface area contributed by atoms with Crippen LogP contribution in [0.5, 0.6) is 0 Å². The van der Waals surface area contributed by atoms with Gasteiger partial charge in [0.15, 0.2) is 0 Å². The Labute approximate surface area is 229 Å². The maximum atomic E-state index is 12.4. The summed E-state index contributed by atoms with van der Waals surface area (Å²) in [4.78, 5) is 23.1. The molecule has 0 heterocycles. The third kappa shape index (κ3) is 28.6. The molecule has 0 radical (unpaired) electrons. The molecule has 0 rings (SSSR count). The van der Waals surface area contributed by atoms with Gasteiger partial charge in [-0.25, -0.2) is 0 Å². The van der Waals surface area contributed by atoms with Gasteiger partial charge in [0.05, 0.1) is 0 Å². The van der Waals surface area contributed by atoms with Gasteiger partial charge in [0.25, 0.3) is 0 Å². The molecule has 37 heavy (non-hydrogen) atoms. The van der Waals surface area contributed by atoms with Crippen LogP contribution in [0.4, 0.5) is 0 Å². The first kappa shape index (κ1) is 35.2. The summed E-state index contributed by atoms with van der Waals surface area (Å²) < 4.78 is 5.80. The molecular weight excluding hydrogens is 460 g/mol. The first-order valence-electron chi connectivity index (χ1n) is 15.5. The molecule has 0 aromatic rings. The van der Waals surface area contributed by atoms with E-state index >= 15 is 0 Å². The van der Waals surface area contributed by atoms with Gasteiger partial charge in [-0.05, 0) is 51.0 Å². The highest BCUT2D eigenvalue weighted by Crippen LogP contribution is 2.15. The van der Waals surface area contributed by atoms with E-state index in [1.54, 1.807) is 0 Å². The molecule has 0 amide bonds. The summed E-state index contributed by atoms with van der Waals surface area (Å²) in [6, 6.07) is 0. The van der Waals surface area contributed by atoms with Crippen molar-refractivity contribution in [2.24, 2.45) is 0 Å². The van der Waals surface area contributed by atoms with E-state index in [1.165, 1.54) is 64.2 Å². The Hall–Kier alpha value is -1.84. The smallest absolute Gasteiger partial charge is 0.306 e. The Bertz CT molecular complexity index is 605. The zero-order valence-electron chi connectivity index (χ0n) is 24.3. The largest absolute Gasteiger partial charge is 0.481 e. The van der Waals surface area contributed by atoms with Crippen LogP contribution < -0.4 is 0 Å². The highest BCUT2D eigenvalue weighted by Gasteiger charge is 2.11. The Kier molecular flexibility index (Phi) is 27.3. The minimum atomic E-state index is -0.731. The Morgan fingerprint density at radius 3 is 1.68 bits per heavy atom. The number of carboxylic acids is 1. The minimum Gasteiger partial charge on any atom is -0.481 e. The summed E-state index contributed by atoms with van der Waals surface area (Å²) in [7, 11) is 0. The normalized spacial score (nSPS) is 12.7. The Morgan fingerprint density at radius 2 is 1.11 bits per heavy atom. The van der Waals surface area contributed by atoms with Crippen LogP contribution in [0.3, 0.4) is 0 Å². The number of aliphatic carboxylic acids is 1. The van der Waals surface area contributed by atoms with Crippen molar-refractivity contribution in [1.29, 1.82) is 0 Å². The summed E-state index contributed by atoms with van der Waals surface area (Å²) in [6.45, 7) is 4.40. The standard InChI is InChI=1S/C33H58O4/c1-3-5-7-9-11-13-14-15-16-18-20-26-30-33(36)37-31(28-24-21-22-25-29-32(34)35)27-23-19-17-12-10-8-6-4-2/h6,8,12,17,23,27,31H,3-5,7,9-11,13-16,18-22,24-26,28-30H2,1-2H3,(H,34,35)/b8-6-,17-12-,27-23-. The number of rotatable bonds is 27. The number of esters is 1. The van der Waals surface area contributed by atoms with Crippen molar-refractivity contribution in [3.63, 3.8) is 0 Å². The van der Waals surface area contributed by atoms with Gasteiger partial charge in [0, 0.05) is 12.8 Å². The van der Waals surface area contributed by atoms with E-state index in [2.05, 4.69) is 44.2 Å². The van der Waals surface area contributed by atoms with Crippen LogP contribution in [0, 0.1) is 0 Å². The summed E-state index contributed by atoms with van der Waals surface area (Å²) in [6.07, 6.45) is 35.9. The van der Waals surface area contributed by atoms with E-state index in [9.17, 15) is 9.59 Å². The van der Waals surface area contributed by atoms with Crippen LogP contribution in [-0.4, -0.2) is 23.1 Å². The van der Waals surface area contributed by atoms with Crippen LogP contribution in [0.25, 0.3) is 0 Å². The summed E-state index contributed by atoms with van der Waals surface area (Å²) in [5.41, 5.74) is 0. The lowest BCUT2D eigenvalue weighted by Crippen LogP contribution is -2.16. The molecule has 0 fully saturated rings. The zero-order valence-corrected chi connectivity index (χ0v) is 24.3. The van der Waals surface area contributed by atoms with Gasteiger partial charge >= 0.3 is 11.9 Å². The lowest BCUT2D eigenvalue weighted by molar-refractivity contribution is -0.147. The average molecular weight is 519 g/mol. The Morgan fingerprint density at radius 1 is 0.622 bits per heavy atom. The van der Waals surface area contributed by atoms with Gasteiger partial charge in [0.2, 0.25) is 0 Å². The molecule has 1 unspecified atom stereocenters. The number of hydrogen-bond acceptors (Lipinski definition) is 3. The van der Waals surface area contributed by atoms with Crippen LogP contribution in [0.2, 0.25) is 0 Å². The van der Waals surface area contributed by atoms with Crippen molar-refractivity contribution in [3.05, 3.63) is 36.5 Å². The van der Waals surface area contributed by atoms with Gasteiger partial charge in [0.1, 0.15) is 6.10 Å². The first-order valence-corrected chi connectivity index (χ1v) is 15.5. The lowest BCUT2D eigenvalue weighted by atomic mass is 10.0. The molecule has 0 aliphatic carbocycles. The maximum Gasteiger partial charge on any atom is 0.306 e. The summed E-state index contributed by atoms with van der Waals surface area (Å²) in [5.74, 6) is -0.821.